The Kier molecular flexibility index (Phi) is 3.90. The lowest BCUT2D eigenvalue weighted by Gasteiger charge is -2.04. The molecule has 0 aliphatic rings. The van der Waals surface area contributed by atoms with Crippen LogP contribution in [0.25, 0.3) is 0 Å². The van der Waals surface area contributed by atoms with Gasteiger partial charge in [0, 0.05) is 11.1 Å². The first-order chi connectivity index (χ1) is 8.72. The van der Waals surface area contributed by atoms with Crippen LogP contribution >= 0.6 is 11.3 Å². The van der Waals surface area contributed by atoms with Crippen molar-refractivity contribution in [3.63, 3.8) is 0 Å². The largest absolute Gasteiger partial charge is 0.379 e. The summed E-state index contributed by atoms with van der Waals surface area (Å²) >= 11 is 1.63. The number of hydrogen-bond donors (Lipinski definition) is 1. The van der Waals surface area contributed by atoms with Gasteiger partial charge in [-0.3, -0.25) is 0 Å². The zero-order chi connectivity index (χ0) is 13.0. The zero-order valence-corrected chi connectivity index (χ0v) is 10.7. The van der Waals surface area contributed by atoms with Crippen molar-refractivity contribution in [1.29, 1.82) is 5.26 Å². The lowest BCUT2D eigenvalue weighted by atomic mass is 10.2. The Morgan fingerprint density at radius 2 is 2.33 bits per heavy atom. The second kappa shape index (κ2) is 5.61. The molecule has 0 unspecified atom stereocenters. The van der Waals surface area contributed by atoms with Crippen molar-refractivity contribution >= 4 is 17.0 Å². The molecule has 0 saturated carbocycles. The van der Waals surface area contributed by atoms with E-state index < -0.39 is 5.82 Å². The Bertz CT molecular complexity index is 586. The van der Waals surface area contributed by atoms with Crippen molar-refractivity contribution in [2.75, 3.05) is 5.32 Å². The summed E-state index contributed by atoms with van der Waals surface area (Å²) in [6, 6.07) is 6.23. The number of rotatable bonds is 4. The maximum absolute atomic E-state index is 13.1. The summed E-state index contributed by atoms with van der Waals surface area (Å²) in [7, 11) is 0. The molecule has 3 nitrogen and oxygen atoms in total. The first kappa shape index (κ1) is 12.5. The molecular weight excluding hydrogens is 249 g/mol. The Labute approximate surface area is 109 Å². The van der Waals surface area contributed by atoms with E-state index in [2.05, 4.69) is 17.2 Å². The van der Waals surface area contributed by atoms with Gasteiger partial charge < -0.3 is 5.32 Å². The van der Waals surface area contributed by atoms with Gasteiger partial charge in [-0.05, 0) is 24.6 Å². The van der Waals surface area contributed by atoms with Crippen LogP contribution in [-0.4, -0.2) is 4.98 Å². The molecule has 1 aromatic heterocycles. The van der Waals surface area contributed by atoms with Crippen LogP contribution in [0.2, 0.25) is 0 Å². The highest BCUT2D eigenvalue weighted by atomic mass is 32.1. The molecule has 0 saturated heterocycles. The van der Waals surface area contributed by atoms with Gasteiger partial charge >= 0.3 is 0 Å². The van der Waals surface area contributed by atoms with E-state index in [1.165, 1.54) is 12.1 Å². The molecule has 0 fully saturated rings. The van der Waals surface area contributed by atoms with Crippen LogP contribution in [0.15, 0.2) is 23.6 Å². The summed E-state index contributed by atoms with van der Waals surface area (Å²) in [4.78, 5) is 4.42. The van der Waals surface area contributed by atoms with Gasteiger partial charge in [-0.1, -0.05) is 6.92 Å². The van der Waals surface area contributed by atoms with Crippen LogP contribution in [0.3, 0.4) is 0 Å². The fourth-order valence-electron chi connectivity index (χ4n) is 1.51. The first-order valence-corrected chi connectivity index (χ1v) is 6.47. The topological polar surface area (TPSA) is 48.7 Å². The summed E-state index contributed by atoms with van der Waals surface area (Å²) in [6.45, 7) is 2.64. The van der Waals surface area contributed by atoms with Gasteiger partial charge in [0.25, 0.3) is 0 Å². The predicted molar refractivity (Wildman–Crippen MR) is 69.9 cm³/mol. The maximum atomic E-state index is 13.1. The lowest BCUT2D eigenvalue weighted by molar-refractivity contribution is 0.624. The molecule has 0 radical (unpaired) electrons. The Balaban J connectivity index is 2.04. The van der Waals surface area contributed by atoms with E-state index in [1.807, 2.05) is 11.4 Å². The normalized spacial score (nSPS) is 10.1. The van der Waals surface area contributed by atoms with E-state index in [0.29, 0.717) is 6.54 Å². The quantitative estimate of drug-likeness (QED) is 0.918. The molecule has 2 rings (SSSR count). The van der Waals surface area contributed by atoms with Crippen LogP contribution < -0.4 is 5.32 Å². The van der Waals surface area contributed by atoms with Crippen LogP contribution in [0.5, 0.6) is 0 Å². The molecule has 1 heterocycles. The van der Waals surface area contributed by atoms with Gasteiger partial charge in [0.2, 0.25) is 0 Å². The molecule has 0 amide bonds. The van der Waals surface area contributed by atoms with Gasteiger partial charge in [-0.15, -0.1) is 11.3 Å². The second-order valence-corrected chi connectivity index (χ2v) is 4.69. The zero-order valence-electron chi connectivity index (χ0n) is 9.90. The standard InChI is InChI=1S/C13H12FN3S/c1-2-13-17-11(8-18-13)7-16-10-3-4-12(14)9(5-10)6-15/h3-5,8,16H,2,7H2,1H3. The van der Waals surface area contributed by atoms with Crippen molar-refractivity contribution in [2.24, 2.45) is 0 Å². The number of nitrogens with zero attached hydrogens (tertiary/aromatic N) is 2. The van der Waals surface area contributed by atoms with Crippen LogP contribution in [0.1, 0.15) is 23.2 Å². The smallest absolute Gasteiger partial charge is 0.141 e. The first-order valence-electron chi connectivity index (χ1n) is 5.59. The van der Waals surface area contributed by atoms with Crippen molar-refractivity contribution < 1.29 is 4.39 Å². The molecule has 18 heavy (non-hydrogen) atoms. The minimum atomic E-state index is -0.495. The number of anilines is 1. The summed E-state index contributed by atoms with van der Waals surface area (Å²) in [5.74, 6) is -0.495. The van der Waals surface area contributed by atoms with E-state index in [1.54, 1.807) is 17.4 Å². The molecule has 1 N–H and O–H groups in total. The van der Waals surface area contributed by atoms with E-state index in [-0.39, 0.29) is 5.56 Å². The molecule has 0 bridgehead atoms. The highest BCUT2D eigenvalue weighted by molar-refractivity contribution is 7.09. The van der Waals surface area contributed by atoms with E-state index in [4.69, 9.17) is 5.26 Å². The lowest BCUT2D eigenvalue weighted by Crippen LogP contribution is -2.00. The minimum Gasteiger partial charge on any atom is -0.379 e. The molecule has 1 aromatic carbocycles. The number of thiazole rings is 1. The van der Waals surface area contributed by atoms with Gasteiger partial charge in [0.1, 0.15) is 11.9 Å². The van der Waals surface area contributed by atoms with Gasteiger partial charge in [0.15, 0.2) is 0 Å². The van der Waals surface area contributed by atoms with Crippen molar-refractivity contribution in [3.8, 4) is 6.07 Å². The summed E-state index contributed by atoms with van der Waals surface area (Å²) in [5.41, 5.74) is 1.73. The number of aromatic nitrogens is 1. The maximum Gasteiger partial charge on any atom is 0.141 e. The third-order valence-electron chi connectivity index (χ3n) is 2.46. The van der Waals surface area contributed by atoms with Crippen molar-refractivity contribution in [1.82, 2.24) is 4.98 Å². The highest BCUT2D eigenvalue weighted by Crippen LogP contribution is 2.16. The number of hydrogen-bond acceptors (Lipinski definition) is 4. The van der Waals surface area contributed by atoms with E-state index in [9.17, 15) is 4.39 Å². The molecular formula is C13H12FN3S. The third kappa shape index (κ3) is 2.84. The average Bonchev–Trinajstić information content (AvgIpc) is 2.86. The Morgan fingerprint density at radius 1 is 1.50 bits per heavy atom. The summed E-state index contributed by atoms with van der Waals surface area (Å²) in [5, 5.41) is 15.0. The van der Waals surface area contributed by atoms with Crippen molar-refractivity contribution in [3.05, 3.63) is 45.7 Å². The van der Waals surface area contributed by atoms with E-state index >= 15 is 0 Å². The van der Waals surface area contributed by atoms with Crippen LogP contribution in [-0.2, 0) is 13.0 Å². The molecule has 5 heteroatoms. The van der Waals surface area contributed by atoms with Crippen LogP contribution in [0.4, 0.5) is 10.1 Å². The Morgan fingerprint density at radius 3 is 3.00 bits per heavy atom. The van der Waals surface area contributed by atoms with Crippen LogP contribution in [0, 0.1) is 17.1 Å². The summed E-state index contributed by atoms with van der Waals surface area (Å²) in [6.07, 6.45) is 0.930. The molecule has 0 atom stereocenters. The fourth-order valence-corrected chi connectivity index (χ4v) is 2.25. The monoisotopic (exact) mass is 261 g/mol. The number of benzene rings is 1. The predicted octanol–water partition coefficient (Wildman–Crippen LogP) is 3.33. The number of aryl methyl sites for hydroxylation is 1. The second-order valence-electron chi connectivity index (χ2n) is 3.75. The summed E-state index contributed by atoms with van der Waals surface area (Å²) < 4.78 is 13.1. The highest BCUT2D eigenvalue weighted by Gasteiger charge is 2.04. The SMILES string of the molecule is CCc1nc(CNc2ccc(F)c(C#N)c2)cs1. The molecule has 2 aromatic rings. The minimum absolute atomic E-state index is 0.0486. The average molecular weight is 261 g/mol. The third-order valence-corrected chi connectivity index (χ3v) is 3.50. The van der Waals surface area contributed by atoms with E-state index in [0.717, 1.165) is 22.8 Å². The fraction of sp³-hybridized carbons (Fsp3) is 0.231. The molecule has 0 aliphatic carbocycles. The molecule has 92 valence electrons. The van der Waals surface area contributed by atoms with Gasteiger partial charge in [-0.2, -0.15) is 5.26 Å². The molecule has 0 spiro atoms. The Hall–Kier alpha value is -1.93. The number of halogens is 1. The van der Waals surface area contributed by atoms with Gasteiger partial charge in [0.05, 0.1) is 22.8 Å². The number of nitriles is 1. The molecule has 0 aliphatic heterocycles. The van der Waals surface area contributed by atoms with Crippen molar-refractivity contribution in [2.45, 2.75) is 19.9 Å². The number of nitrogens with one attached hydrogen (secondary N) is 1. The van der Waals surface area contributed by atoms with Gasteiger partial charge in [-0.25, -0.2) is 9.37 Å².